The number of rotatable bonds is 5. The molecule has 0 radical (unpaired) electrons. The summed E-state index contributed by atoms with van der Waals surface area (Å²) in [6.07, 6.45) is 0.565. The van der Waals surface area contributed by atoms with Crippen LogP contribution in [-0.4, -0.2) is 21.5 Å². The molecule has 1 rings (SSSR count). The highest BCUT2D eigenvalue weighted by atomic mass is 35.5. The van der Waals surface area contributed by atoms with Crippen LogP contribution in [0.4, 0.5) is 0 Å². The Morgan fingerprint density at radius 2 is 1.94 bits per heavy atom. The number of nitrogens with two attached hydrogens (primary N) is 1. The zero-order chi connectivity index (χ0) is 13.9. The van der Waals surface area contributed by atoms with E-state index in [1.807, 2.05) is 0 Å². The van der Waals surface area contributed by atoms with E-state index in [1.165, 1.54) is 0 Å². The van der Waals surface area contributed by atoms with E-state index in [9.17, 15) is 8.42 Å². The van der Waals surface area contributed by atoms with Gasteiger partial charge in [-0.1, -0.05) is 23.2 Å². The molecule has 0 aliphatic carbocycles. The number of hydrogen-bond donors (Lipinski definition) is 2. The van der Waals surface area contributed by atoms with Gasteiger partial charge in [-0.3, -0.25) is 0 Å². The highest BCUT2D eigenvalue weighted by Crippen LogP contribution is 2.33. The summed E-state index contributed by atoms with van der Waals surface area (Å²) in [5.74, 6) is 0. The summed E-state index contributed by atoms with van der Waals surface area (Å²) < 4.78 is 26.8. The monoisotopic (exact) mass is 310 g/mol. The van der Waals surface area contributed by atoms with Crippen molar-refractivity contribution in [3.8, 4) is 0 Å². The summed E-state index contributed by atoms with van der Waals surface area (Å²) >= 11 is 12.1. The normalized spacial score (nSPS) is 11.8. The Labute approximate surface area is 118 Å². The third-order valence-electron chi connectivity index (χ3n) is 2.53. The van der Waals surface area contributed by atoms with Gasteiger partial charge in [0.05, 0.1) is 5.02 Å². The lowest BCUT2D eigenvalue weighted by Crippen LogP contribution is -2.27. The van der Waals surface area contributed by atoms with Crippen LogP contribution in [0, 0.1) is 13.8 Å². The molecule has 0 bridgehead atoms. The van der Waals surface area contributed by atoms with Gasteiger partial charge < -0.3 is 5.73 Å². The van der Waals surface area contributed by atoms with Crippen molar-refractivity contribution >= 4 is 33.2 Å². The molecular weight excluding hydrogens is 295 g/mol. The van der Waals surface area contributed by atoms with Crippen molar-refractivity contribution in [2.24, 2.45) is 5.73 Å². The van der Waals surface area contributed by atoms with Crippen LogP contribution in [-0.2, 0) is 10.0 Å². The molecule has 0 saturated heterocycles. The topological polar surface area (TPSA) is 72.2 Å². The number of benzene rings is 1. The molecule has 0 aromatic heterocycles. The predicted octanol–water partition coefficient (Wildman–Crippen LogP) is 2.24. The molecule has 4 nitrogen and oxygen atoms in total. The van der Waals surface area contributed by atoms with Crippen LogP contribution < -0.4 is 10.5 Å². The number of nitrogens with one attached hydrogen (secondary N) is 1. The van der Waals surface area contributed by atoms with Gasteiger partial charge in [0.25, 0.3) is 0 Å². The van der Waals surface area contributed by atoms with E-state index in [-0.39, 0.29) is 16.5 Å². The number of sulfonamides is 1. The molecular formula is C11H16Cl2N2O2S. The highest BCUT2D eigenvalue weighted by Gasteiger charge is 2.23. The van der Waals surface area contributed by atoms with Crippen molar-refractivity contribution in [2.45, 2.75) is 25.2 Å². The number of aryl methyl sites for hydroxylation is 1. The predicted molar refractivity (Wildman–Crippen MR) is 74.8 cm³/mol. The van der Waals surface area contributed by atoms with Gasteiger partial charge in [-0.2, -0.15) is 0 Å². The van der Waals surface area contributed by atoms with Gasteiger partial charge in [-0.15, -0.1) is 0 Å². The molecule has 18 heavy (non-hydrogen) atoms. The number of hydrogen-bond acceptors (Lipinski definition) is 3. The molecule has 0 amide bonds. The lowest BCUT2D eigenvalue weighted by Gasteiger charge is -2.13. The fourth-order valence-corrected chi connectivity index (χ4v) is 3.80. The molecule has 7 heteroatoms. The van der Waals surface area contributed by atoms with E-state index < -0.39 is 10.0 Å². The zero-order valence-corrected chi connectivity index (χ0v) is 12.6. The first-order valence-electron chi connectivity index (χ1n) is 5.46. The summed E-state index contributed by atoms with van der Waals surface area (Å²) in [5, 5.41) is 0.591. The van der Waals surface area contributed by atoms with Crippen LogP contribution in [0.25, 0.3) is 0 Å². The Balaban J connectivity index is 3.24. The highest BCUT2D eigenvalue weighted by molar-refractivity contribution is 7.89. The van der Waals surface area contributed by atoms with Gasteiger partial charge in [0.2, 0.25) is 10.0 Å². The Kier molecular flexibility index (Phi) is 5.43. The van der Waals surface area contributed by atoms with Crippen molar-refractivity contribution < 1.29 is 8.42 Å². The van der Waals surface area contributed by atoms with Gasteiger partial charge >= 0.3 is 0 Å². The molecule has 3 N–H and O–H groups in total. The second-order valence-corrected chi connectivity index (χ2v) is 6.47. The van der Waals surface area contributed by atoms with E-state index in [0.717, 1.165) is 0 Å². The maximum atomic E-state index is 12.2. The minimum absolute atomic E-state index is 0.0474. The molecule has 1 aromatic rings. The molecule has 0 spiro atoms. The molecule has 0 aliphatic rings. The Bertz CT molecular complexity index is 518. The summed E-state index contributed by atoms with van der Waals surface area (Å²) in [4.78, 5) is 0.0474. The summed E-state index contributed by atoms with van der Waals surface area (Å²) in [6, 6.07) is 1.65. The van der Waals surface area contributed by atoms with E-state index in [4.69, 9.17) is 28.9 Å². The quantitative estimate of drug-likeness (QED) is 0.819. The molecule has 0 aliphatic heterocycles. The zero-order valence-electron chi connectivity index (χ0n) is 10.3. The van der Waals surface area contributed by atoms with Crippen LogP contribution in [0.2, 0.25) is 10.0 Å². The van der Waals surface area contributed by atoms with E-state index in [2.05, 4.69) is 4.72 Å². The van der Waals surface area contributed by atoms with Crippen molar-refractivity contribution in [1.29, 1.82) is 0 Å². The first-order chi connectivity index (χ1) is 8.31. The maximum Gasteiger partial charge on any atom is 0.242 e. The van der Waals surface area contributed by atoms with Gasteiger partial charge in [0.15, 0.2) is 0 Å². The standard InChI is InChI=1S/C11H16Cl2N2O2S/c1-7-6-9(12)8(2)11(10(7)13)18(16,17)15-5-3-4-14/h6,15H,3-5,14H2,1-2H3. The van der Waals surface area contributed by atoms with Gasteiger partial charge in [-0.05, 0) is 44.0 Å². The van der Waals surface area contributed by atoms with Crippen molar-refractivity contribution in [2.75, 3.05) is 13.1 Å². The molecule has 0 unspecified atom stereocenters. The molecule has 102 valence electrons. The lowest BCUT2D eigenvalue weighted by molar-refractivity contribution is 0.579. The smallest absolute Gasteiger partial charge is 0.242 e. The van der Waals surface area contributed by atoms with Gasteiger partial charge in [-0.25, -0.2) is 13.1 Å². The van der Waals surface area contributed by atoms with Crippen molar-refractivity contribution in [3.05, 3.63) is 27.2 Å². The Hall–Kier alpha value is -0.330. The molecule has 1 aromatic carbocycles. The third kappa shape index (κ3) is 3.36. The molecule has 0 atom stereocenters. The average Bonchev–Trinajstić information content (AvgIpc) is 2.26. The molecule has 0 fully saturated rings. The van der Waals surface area contributed by atoms with Crippen LogP contribution in [0.5, 0.6) is 0 Å². The first kappa shape index (κ1) is 15.7. The fraction of sp³-hybridized carbons (Fsp3) is 0.455. The fourth-order valence-electron chi connectivity index (χ4n) is 1.51. The van der Waals surface area contributed by atoms with Gasteiger partial charge in [0, 0.05) is 11.6 Å². The second-order valence-electron chi connectivity index (χ2n) is 3.98. The van der Waals surface area contributed by atoms with Crippen LogP contribution in [0.15, 0.2) is 11.0 Å². The first-order valence-corrected chi connectivity index (χ1v) is 7.70. The van der Waals surface area contributed by atoms with Crippen LogP contribution in [0.3, 0.4) is 0 Å². The van der Waals surface area contributed by atoms with E-state index in [1.54, 1.807) is 19.9 Å². The van der Waals surface area contributed by atoms with Crippen molar-refractivity contribution in [3.63, 3.8) is 0 Å². The van der Waals surface area contributed by atoms with Crippen molar-refractivity contribution in [1.82, 2.24) is 4.72 Å². The largest absolute Gasteiger partial charge is 0.330 e. The SMILES string of the molecule is Cc1cc(Cl)c(C)c(S(=O)(=O)NCCCN)c1Cl. The summed E-state index contributed by atoms with van der Waals surface area (Å²) in [5.41, 5.74) is 6.40. The third-order valence-corrected chi connectivity index (χ3v) is 5.15. The molecule has 0 saturated carbocycles. The van der Waals surface area contributed by atoms with Crippen LogP contribution in [0.1, 0.15) is 17.5 Å². The number of halogens is 2. The average molecular weight is 311 g/mol. The minimum Gasteiger partial charge on any atom is -0.330 e. The van der Waals surface area contributed by atoms with Crippen LogP contribution >= 0.6 is 23.2 Å². The minimum atomic E-state index is -3.66. The Morgan fingerprint density at radius 1 is 1.33 bits per heavy atom. The van der Waals surface area contributed by atoms with E-state index >= 15 is 0 Å². The maximum absolute atomic E-state index is 12.2. The lowest BCUT2D eigenvalue weighted by atomic mass is 10.2. The summed E-state index contributed by atoms with van der Waals surface area (Å²) in [7, 11) is -3.66. The molecule has 0 heterocycles. The summed E-state index contributed by atoms with van der Waals surface area (Å²) in [6.45, 7) is 4.04. The van der Waals surface area contributed by atoms with E-state index in [0.29, 0.717) is 29.1 Å². The van der Waals surface area contributed by atoms with Gasteiger partial charge in [0.1, 0.15) is 4.90 Å². The second kappa shape index (κ2) is 6.21. The Morgan fingerprint density at radius 3 is 2.50 bits per heavy atom.